The van der Waals surface area contributed by atoms with Crippen LogP contribution in [0.15, 0.2) is 41.1 Å². The quantitative estimate of drug-likeness (QED) is 0.626. The van der Waals surface area contributed by atoms with E-state index in [-0.39, 0.29) is 17.7 Å². The number of nitrogens with zero attached hydrogens (tertiary/aromatic N) is 2. The normalized spacial score (nSPS) is 13.4. The fourth-order valence-corrected chi connectivity index (χ4v) is 4.94. The zero-order chi connectivity index (χ0) is 20.4. The van der Waals surface area contributed by atoms with Gasteiger partial charge in [-0.05, 0) is 42.0 Å². The number of benzene rings is 1. The number of hydrogen-bond acceptors (Lipinski definition) is 5. The average Bonchev–Trinajstić information content (AvgIpc) is 3.38. The average molecular weight is 426 g/mol. The fourth-order valence-electron chi connectivity index (χ4n) is 3.50. The van der Waals surface area contributed by atoms with Crippen molar-refractivity contribution < 1.29 is 9.59 Å². The van der Waals surface area contributed by atoms with E-state index in [1.165, 1.54) is 16.9 Å². The van der Waals surface area contributed by atoms with Crippen LogP contribution in [-0.2, 0) is 22.4 Å². The maximum Gasteiger partial charge on any atom is 0.231 e. The molecule has 4 rings (SSSR count). The van der Waals surface area contributed by atoms with E-state index in [4.69, 9.17) is 0 Å². The van der Waals surface area contributed by atoms with Gasteiger partial charge in [-0.1, -0.05) is 26.0 Å². The van der Waals surface area contributed by atoms with Crippen LogP contribution < -0.4 is 10.2 Å². The molecule has 3 aromatic rings. The molecule has 2 amide bonds. The number of thiophene rings is 1. The molecule has 0 atom stereocenters. The highest BCUT2D eigenvalue weighted by atomic mass is 32.1. The van der Waals surface area contributed by atoms with Gasteiger partial charge >= 0.3 is 0 Å². The summed E-state index contributed by atoms with van der Waals surface area (Å²) in [5, 5.41) is 7.43. The van der Waals surface area contributed by atoms with Crippen LogP contribution in [0.2, 0.25) is 0 Å². The fraction of sp³-hybridized carbons (Fsp3) is 0.318. The Kier molecular flexibility index (Phi) is 5.78. The molecule has 3 heterocycles. The number of aromatic nitrogens is 1. The van der Waals surface area contributed by atoms with Crippen molar-refractivity contribution in [2.75, 3.05) is 16.8 Å². The van der Waals surface area contributed by atoms with Crippen LogP contribution in [0.25, 0.3) is 11.3 Å². The van der Waals surface area contributed by atoms with Gasteiger partial charge < -0.3 is 10.2 Å². The Morgan fingerprint density at radius 1 is 1.24 bits per heavy atom. The number of hydrogen-bond donors (Lipinski definition) is 1. The lowest BCUT2D eigenvalue weighted by atomic mass is 9.97. The lowest BCUT2D eigenvalue weighted by Crippen LogP contribution is -2.38. The summed E-state index contributed by atoms with van der Waals surface area (Å²) in [6.45, 7) is 4.66. The third-order valence-electron chi connectivity index (χ3n) is 4.92. The molecule has 0 saturated carbocycles. The number of aryl methyl sites for hydroxylation is 1. The molecular formula is C22H23N3O2S2. The molecule has 0 saturated heterocycles. The molecule has 0 unspecified atom stereocenters. The van der Waals surface area contributed by atoms with Crippen molar-refractivity contribution in [1.29, 1.82) is 0 Å². The Bertz CT molecular complexity index is 1020. The zero-order valence-electron chi connectivity index (χ0n) is 16.5. The van der Waals surface area contributed by atoms with Crippen LogP contribution in [0.4, 0.5) is 10.8 Å². The summed E-state index contributed by atoms with van der Waals surface area (Å²) in [5.41, 5.74) is 4.05. The van der Waals surface area contributed by atoms with E-state index in [1.54, 1.807) is 11.3 Å². The second-order valence-electron chi connectivity index (χ2n) is 7.43. The van der Waals surface area contributed by atoms with Crippen LogP contribution in [0, 0.1) is 5.92 Å². The van der Waals surface area contributed by atoms with Crippen molar-refractivity contribution in [2.45, 2.75) is 33.1 Å². The van der Waals surface area contributed by atoms with E-state index in [2.05, 4.69) is 16.4 Å². The molecule has 0 aliphatic carbocycles. The van der Waals surface area contributed by atoms with Crippen LogP contribution in [0.5, 0.6) is 0 Å². The molecule has 0 spiro atoms. The molecule has 5 nitrogen and oxygen atoms in total. The van der Waals surface area contributed by atoms with E-state index in [0.717, 1.165) is 41.2 Å². The number of nitrogens with one attached hydrogen (secondary N) is 1. The SMILES string of the molecule is CC(C)C(=O)N1CCCc2cc(-c3csc(NC(=O)Cc4cccs4)n3)ccc21. The second-order valence-corrected chi connectivity index (χ2v) is 9.32. The zero-order valence-corrected chi connectivity index (χ0v) is 18.1. The second kappa shape index (κ2) is 8.47. The largest absolute Gasteiger partial charge is 0.312 e. The minimum absolute atomic E-state index is 0.0143. The molecule has 29 heavy (non-hydrogen) atoms. The summed E-state index contributed by atoms with van der Waals surface area (Å²) in [6.07, 6.45) is 2.29. The number of carbonyl (C=O) groups is 2. The van der Waals surface area contributed by atoms with Gasteiger partial charge in [0, 0.05) is 34.0 Å². The number of fused-ring (bicyclic) bond motifs is 1. The van der Waals surface area contributed by atoms with Crippen molar-refractivity contribution in [2.24, 2.45) is 5.92 Å². The summed E-state index contributed by atoms with van der Waals surface area (Å²) >= 11 is 3.00. The molecule has 2 aromatic heterocycles. The van der Waals surface area contributed by atoms with Gasteiger partial charge in [0.1, 0.15) is 0 Å². The monoisotopic (exact) mass is 425 g/mol. The minimum Gasteiger partial charge on any atom is -0.312 e. The first-order valence-electron chi connectivity index (χ1n) is 9.73. The Labute approximate surface area is 178 Å². The molecule has 7 heteroatoms. The molecule has 0 fully saturated rings. The number of amides is 2. The predicted octanol–water partition coefficient (Wildman–Crippen LogP) is 4.99. The highest BCUT2D eigenvalue weighted by molar-refractivity contribution is 7.14. The number of anilines is 2. The van der Waals surface area contributed by atoms with E-state index in [0.29, 0.717) is 11.6 Å². The van der Waals surface area contributed by atoms with Gasteiger partial charge in [0.2, 0.25) is 11.8 Å². The lowest BCUT2D eigenvalue weighted by molar-refractivity contribution is -0.121. The highest BCUT2D eigenvalue weighted by Gasteiger charge is 2.24. The minimum atomic E-state index is -0.0540. The summed E-state index contributed by atoms with van der Waals surface area (Å²) in [4.78, 5) is 32.2. The molecule has 150 valence electrons. The highest BCUT2D eigenvalue weighted by Crippen LogP contribution is 2.33. The molecule has 0 radical (unpaired) electrons. The van der Waals surface area contributed by atoms with Crippen LogP contribution in [-0.4, -0.2) is 23.3 Å². The number of thiazole rings is 1. The molecule has 1 aliphatic heterocycles. The van der Waals surface area contributed by atoms with Gasteiger partial charge in [-0.25, -0.2) is 4.98 Å². The van der Waals surface area contributed by atoms with Crippen LogP contribution >= 0.6 is 22.7 Å². The Morgan fingerprint density at radius 2 is 2.10 bits per heavy atom. The topological polar surface area (TPSA) is 62.3 Å². The van der Waals surface area contributed by atoms with Crippen molar-refractivity contribution >= 4 is 45.3 Å². The number of rotatable bonds is 5. The van der Waals surface area contributed by atoms with Crippen LogP contribution in [0.1, 0.15) is 30.7 Å². The summed E-state index contributed by atoms with van der Waals surface area (Å²) < 4.78 is 0. The Hall–Kier alpha value is -2.51. The van der Waals surface area contributed by atoms with Gasteiger partial charge in [-0.2, -0.15) is 0 Å². The van der Waals surface area contributed by atoms with Gasteiger partial charge in [0.15, 0.2) is 5.13 Å². The van der Waals surface area contributed by atoms with Crippen molar-refractivity contribution in [3.05, 3.63) is 51.5 Å². The van der Waals surface area contributed by atoms with Crippen molar-refractivity contribution in [3.63, 3.8) is 0 Å². The van der Waals surface area contributed by atoms with Gasteiger partial charge in [0.25, 0.3) is 0 Å². The Morgan fingerprint density at radius 3 is 2.86 bits per heavy atom. The van der Waals surface area contributed by atoms with Gasteiger partial charge in [-0.3, -0.25) is 9.59 Å². The molecular weight excluding hydrogens is 402 g/mol. The van der Waals surface area contributed by atoms with E-state index in [9.17, 15) is 9.59 Å². The first kappa shape index (κ1) is 19.8. The summed E-state index contributed by atoms with van der Waals surface area (Å²) in [6, 6.07) is 10.1. The maximum atomic E-state index is 12.5. The van der Waals surface area contributed by atoms with E-state index >= 15 is 0 Å². The van der Waals surface area contributed by atoms with E-state index in [1.807, 2.05) is 53.8 Å². The van der Waals surface area contributed by atoms with E-state index < -0.39 is 0 Å². The van der Waals surface area contributed by atoms with Crippen LogP contribution in [0.3, 0.4) is 0 Å². The number of carbonyl (C=O) groups excluding carboxylic acids is 2. The standard InChI is InChI=1S/C22H23N3O2S2/c1-14(2)21(27)25-9-3-5-16-11-15(7-8-19(16)25)18-13-29-22(23-18)24-20(26)12-17-6-4-10-28-17/h4,6-8,10-11,13-14H,3,5,9,12H2,1-2H3,(H,23,24,26). The third kappa shape index (κ3) is 4.41. The molecule has 1 aromatic carbocycles. The third-order valence-corrected chi connectivity index (χ3v) is 6.55. The maximum absolute atomic E-state index is 12.5. The van der Waals surface area contributed by atoms with Gasteiger partial charge in [-0.15, -0.1) is 22.7 Å². The Balaban J connectivity index is 1.50. The van der Waals surface area contributed by atoms with Gasteiger partial charge in [0.05, 0.1) is 12.1 Å². The van der Waals surface area contributed by atoms with Crippen molar-refractivity contribution in [1.82, 2.24) is 4.98 Å². The first-order chi connectivity index (χ1) is 14.0. The predicted molar refractivity (Wildman–Crippen MR) is 120 cm³/mol. The van der Waals surface area contributed by atoms with Crippen molar-refractivity contribution in [3.8, 4) is 11.3 Å². The first-order valence-corrected chi connectivity index (χ1v) is 11.5. The summed E-state index contributed by atoms with van der Waals surface area (Å²) in [5.74, 6) is 0.101. The lowest BCUT2D eigenvalue weighted by Gasteiger charge is -2.31. The smallest absolute Gasteiger partial charge is 0.231 e. The summed E-state index contributed by atoms with van der Waals surface area (Å²) in [7, 11) is 0. The molecule has 1 aliphatic rings. The molecule has 0 bridgehead atoms. The molecule has 1 N–H and O–H groups in total.